The highest BCUT2D eigenvalue weighted by atomic mass is 35.5. The molecule has 0 aliphatic carbocycles. The van der Waals surface area contributed by atoms with Crippen LogP contribution >= 0.6 is 11.6 Å². The van der Waals surface area contributed by atoms with Crippen LogP contribution in [0.4, 0.5) is 18.9 Å². The highest BCUT2D eigenvalue weighted by molar-refractivity contribution is 7.90. The number of aromatic nitrogens is 1. The summed E-state index contributed by atoms with van der Waals surface area (Å²) in [4.78, 5) is 13.2. The molecule has 0 spiro atoms. The van der Waals surface area contributed by atoms with Gasteiger partial charge in [0, 0.05) is 28.7 Å². The summed E-state index contributed by atoms with van der Waals surface area (Å²) in [7, 11) is -3.42. The standard InChI is InChI=1S/C24H24ClF3N2O4S/c1-13-20(23(32)29-17-6-8-18(9-7-17)35(4,33)34)12-30(14(2)15(3)31)22(13)19-10-5-16(25)11-21(19)24(26,27)28/h5-12,14-15,31H,1-4H3,(H,29,32)/t14-,15+/m1/s1. The van der Waals surface area contributed by atoms with E-state index in [1.54, 1.807) is 6.92 Å². The van der Waals surface area contributed by atoms with Gasteiger partial charge in [-0.15, -0.1) is 0 Å². The third-order valence-electron chi connectivity index (χ3n) is 5.75. The number of anilines is 1. The number of alkyl halides is 3. The van der Waals surface area contributed by atoms with Crippen molar-refractivity contribution < 1.29 is 31.5 Å². The van der Waals surface area contributed by atoms with Crippen molar-refractivity contribution in [2.75, 3.05) is 11.6 Å². The van der Waals surface area contributed by atoms with Crippen LogP contribution in [-0.4, -0.2) is 36.4 Å². The van der Waals surface area contributed by atoms with Crippen molar-refractivity contribution in [2.24, 2.45) is 0 Å². The highest BCUT2D eigenvalue weighted by Crippen LogP contribution is 2.42. The molecule has 11 heteroatoms. The Bertz CT molecular complexity index is 1360. The second kappa shape index (κ2) is 9.67. The first kappa shape index (κ1) is 26.8. The normalized spacial score (nSPS) is 14.0. The maximum atomic E-state index is 13.9. The number of aliphatic hydroxyl groups is 1. The van der Waals surface area contributed by atoms with Crippen LogP contribution in [0.5, 0.6) is 0 Å². The van der Waals surface area contributed by atoms with E-state index >= 15 is 0 Å². The van der Waals surface area contributed by atoms with E-state index in [-0.39, 0.29) is 32.3 Å². The van der Waals surface area contributed by atoms with Gasteiger partial charge in [-0.2, -0.15) is 13.2 Å². The second-order valence-electron chi connectivity index (χ2n) is 8.34. The summed E-state index contributed by atoms with van der Waals surface area (Å²) in [6.07, 6.45) is -3.18. The lowest BCUT2D eigenvalue weighted by Crippen LogP contribution is -2.19. The zero-order valence-electron chi connectivity index (χ0n) is 19.3. The zero-order chi connectivity index (χ0) is 26.3. The van der Waals surface area contributed by atoms with Crippen molar-refractivity contribution in [1.29, 1.82) is 0 Å². The Morgan fingerprint density at radius 2 is 1.71 bits per heavy atom. The van der Waals surface area contributed by atoms with Gasteiger partial charge in [0.15, 0.2) is 9.84 Å². The van der Waals surface area contributed by atoms with Crippen molar-refractivity contribution in [1.82, 2.24) is 4.57 Å². The number of halogens is 4. The molecule has 0 saturated heterocycles. The molecule has 0 aliphatic heterocycles. The van der Waals surface area contributed by atoms with Gasteiger partial charge in [0.1, 0.15) is 0 Å². The molecule has 0 radical (unpaired) electrons. The Kier molecular flexibility index (Phi) is 7.40. The fourth-order valence-electron chi connectivity index (χ4n) is 3.69. The first-order chi connectivity index (χ1) is 16.1. The fraction of sp³-hybridized carbons (Fsp3) is 0.292. The lowest BCUT2D eigenvalue weighted by molar-refractivity contribution is -0.137. The molecule has 2 atom stereocenters. The number of amides is 1. The van der Waals surface area contributed by atoms with Crippen molar-refractivity contribution in [2.45, 2.75) is 44.0 Å². The summed E-state index contributed by atoms with van der Waals surface area (Å²) in [5.74, 6) is -0.602. The van der Waals surface area contributed by atoms with Crippen LogP contribution in [0.2, 0.25) is 5.02 Å². The van der Waals surface area contributed by atoms with E-state index in [4.69, 9.17) is 11.6 Å². The molecule has 3 rings (SSSR count). The third-order valence-corrected chi connectivity index (χ3v) is 7.11. The van der Waals surface area contributed by atoms with Crippen LogP contribution in [0.15, 0.2) is 53.6 Å². The molecular formula is C24H24ClF3N2O4S. The number of hydrogen-bond acceptors (Lipinski definition) is 4. The monoisotopic (exact) mass is 528 g/mol. The average molecular weight is 529 g/mol. The number of carbonyl (C=O) groups is 1. The van der Waals surface area contributed by atoms with Gasteiger partial charge < -0.3 is 15.0 Å². The molecule has 0 saturated carbocycles. The maximum absolute atomic E-state index is 13.9. The van der Waals surface area contributed by atoms with Crippen molar-refractivity contribution in [3.63, 3.8) is 0 Å². The topological polar surface area (TPSA) is 88.4 Å². The van der Waals surface area contributed by atoms with E-state index in [9.17, 15) is 31.5 Å². The summed E-state index contributed by atoms with van der Waals surface area (Å²) >= 11 is 5.84. The summed E-state index contributed by atoms with van der Waals surface area (Å²) in [5.41, 5.74) is -0.336. The Hall–Kier alpha value is -2.82. The SMILES string of the molecule is Cc1c(C(=O)Nc2ccc(S(C)(=O)=O)cc2)cn([C@H](C)[C@H](C)O)c1-c1ccc(Cl)cc1C(F)(F)F. The molecule has 1 aromatic heterocycles. The average Bonchev–Trinajstić information content (AvgIpc) is 3.09. The maximum Gasteiger partial charge on any atom is 0.417 e. The molecular weight excluding hydrogens is 505 g/mol. The number of aliphatic hydroxyl groups excluding tert-OH is 1. The Morgan fingerprint density at radius 3 is 2.23 bits per heavy atom. The minimum absolute atomic E-state index is 0.0771. The van der Waals surface area contributed by atoms with Crippen LogP contribution < -0.4 is 5.32 Å². The number of sulfone groups is 1. The molecule has 0 unspecified atom stereocenters. The molecule has 0 fully saturated rings. The molecule has 2 N–H and O–H groups in total. The van der Waals surface area contributed by atoms with Crippen LogP contribution in [0.3, 0.4) is 0 Å². The summed E-state index contributed by atoms with van der Waals surface area (Å²) in [6.45, 7) is 4.65. The quantitative estimate of drug-likeness (QED) is 0.427. The van der Waals surface area contributed by atoms with Gasteiger partial charge in [0.05, 0.1) is 33.9 Å². The van der Waals surface area contributed by atoms with E-state index in [0.717, 1.165) is 12.3 Å². The van der Waals surface area contributed by atoms with Gasteiger partial charge >= 0.3 is 6.18 Å². The molecule has 6 nitrogen and oxygen atoms in total. The molecule has 0 bridgehead atoms. The number of nitrogens with one attached hydrogen (secondary N) is 1. The van der Waals surface area contributed by atoms with Crippen molar-refractivity contribution in [3.8, 4) is 11.3 Å². The third kappa shape index (κ3) is 5.71. The van der Waals surface area contributed by atoms with Gasteiger partial charge in [0.25, 0.3) is 5.91 Å². The number of benzene rings is 2. The smallest absolute Gasteiger partial charge is 0.391 e. The Morgan fingerprint density at radius 1 is 1.11 bits per heavy atom. The van der Waals surface area contributed by atoms with Crippen molar-refractivity contribution >= 4 is 33.0 Å². The summed E-state index contributed by atoms with van der Waals surface area (Å²) in [6, 6.07) is 8.26. The minimum Gasteiger partial charge on any atom is -0.391 e. The van der Waals surface area contributed by atoms with E-state index < -0.39 is 39.6 Å². The zero-order valence-corrected chi connectivity index (χ0v) is 20.9. The molecule has 3 aromatic rings. The largest absolute Gasteiger partial charge is 0.417 e. The molecule has 0 aliphatic rings. The molecule has 188 valence electrons. The van der Waals surface area contributed by atoms with Gasteiger partial charge in [0.2, 0.25) is 0 Å². The Balaban J connectivity index is 2.12. The van der Waals surface area contributed by atoms with E-state index in [1.807, 2.05) is 0 Å². The van der Waals surface area contributed by atoms with E-state index in [0.29, 0.717) is 5.69 Å². The van der Waals surface area contributed by atoms with Crippen LogP contribution in [-0.2, 0) is 16.0 Å². The minimum atomic E-state index is -4.71. The predicted molar refractivity (Wildman–Crippen MR) is 129 cm³/mol. The van der Waals surface area contributed by atoms with Gasteiger partial charge in [-0.25, -0.2) is 8.42 Å². The van der Waals surface area contributed by atoms with E-state index in [1.165, 1.54) is 61.0 Å². The van der Waals surface area contributed by atoms with Crippen LogP contribution in [0, 0.1) is 6.92 Å². The lowest BCUT2D eigenvalue weighted by Gasteiger charge is -2.22. The molecule has 1 heterocycles. The second-order valence-corrected chi connectivity index (χ2v) is 10.8. The van der Waals surface area contributed by atoms with Crippen molar-refractivity contribution in [3.05, 3.63) is 70.4 Å². The summed E-state index contributed by atoms with van der Waals surface area (Å²) < 4.78 is 66.3. The lowest BCUT2D eigenvalue weighted by atomic mass is 9.99. The molecule has 1 amide bonds. The van der Waals surface area contributed by atoms with Gasteiger partial charge in [-0.1, -0.05) is 17.7 Å². The summed E-state index contributed by atoms with van der Waals surface area (Å²) in [5, 5.41) is 12.7. The number of carbonyl (C=O) groups excluding carboxylic acids is 1. The first-order valence-electron chi connectivity index (χ1n) is 10.5. The Labute approximate surface area is 206 Å². The molecule has 35 heavy (non-hydrogen) atoms. The number of nitrogens with zero attached hydrogens (tertiary/aromatic N) is 1. The van der Waals surface area contributed by atoms with Crippen LogP contribution in [0.1, 0.15) is 41.4 Å². The fourth-order valence-corrected chi connectivity index (χ4v) is 4.49. The molecule has 2 aromatic carbocycles. The van der Waals surface area contributed by atoms with E-state index in [2.05, 4.69) is 5.32 Å². The van der Waals surface area contributed by atoms with Gasteiger partial charge in [-0.3, -0.25) is 4.79 Å². The van der Waals surface area contributed by atoms with Crippen LogP contribution in [0.25, 0.3) is 11.3 Å². The first-order valence-corrected chi connectivity index (χ1v) is 12.8. The number of rotatable bonds is 6. The predicted octanol–water partition coefficient (Wildman–Crippen LogP) is 5.73. The number of hydrogen-bond donors (Lipinski definition) is 2. The van der Waals surface area contributed by atoms with Gasteiger partial charge in [-0.05, 0) is 62.7 Å². The highest BCUT2D eigenvalue weighted by Gasteiger charge is 2.36.